The van der Waals surface area contributed by atoms with E-state index >= 15 is 0 Å². The molecular formula is C14H22N2O2. The van der Waals surface area contributed by atoms with Crippen LogP contribution in [0, 0.1) is 5.92 Å². The van der Waals surface area contributed by atoms with Gasteiger partial charge in [0.1, 0.15) is 5.76 Å². The predicted octanol–water partition coefficient (Wildman–Crippen LogP) is 2.04. The molecule has 2 N–H and O–H groups in total. The molecular weight excluding hydrogens is 228 g/mol. The number of carbonyl (C=O) groups excluding carboxylic acids is 1. The first-order chi connectivity index (χ1) is 8.65. The van der Waals surface area contributed by atoms with Crippen LogP contribution < -0.4 is 5.73 Å². The second-order valence-electron chi connectivity index (χ2n) is 5.11. The van der Waals surface area contributed by atoms with Crippen LogP contribution >= 0.6 is 0 Å². The van der Waals surface area contributed by atoms with E-state index in [0.717, 1.165) is 31.6 Å². The molecule has 2 rings (SSSR count). The lowest BCUT2D eigenvalue weighted by Crippen LogP contribution is -2.47. The second-order valence-corrected chi connectivity index (χ2v) is 5.11. The van der Waals surface area contributed by atoms with Crippen LogP contribution in [-0.2, 0) is 6.42 Å². The van der Waals surface area contributed by atoms with Crippen molar-refractivity contribution in [2.75, 3.05) is 13.1 Å². The Morgan fingerprint density at radius 1 is 1.50 bits per heavy atom. The number of aryl methyl sites for hydroxylation is 1. The molecule has 2 atom stereocenters. The molecule has 1 aliphatic rings. The molecule has 2 heterocycles. The fourth-order valence-electron chi connectivity index (χ4n) is 2.48. The van der Waals surface area contributed by atoms with Crippen LogP contribution in [0.15, 0.2) is 16.5 Å². The largest absolute Gasteiger partial charge is 0.456 e. The summed E-state index contributed by atoms with van der Waals surface area (Å²) in [6.07, 6.45) is 2.95. The van der Waals surface area contributed by atoms with Gasteiger partial charge >= 0.3 is 0 Å². The van der Waals surface area contributed by atoms with Crippen LogP contribution in [0.2, 0.25) is 0 Å². The zero-order valence-corrected chi connectivity index (χ0v) is 11.2. The molecule has 1 aromatic heterocycles. The van der Waals surface area contributed by atoms with Gasteiger partial charge in [0.25, 0.3) is 5.91 Å². The second kappa shape index (κ2) is 5.57. The number of furan rings is 1. The minimum absolute atomic E-state index is 0.000324. The maximum absolute atomic E-state index is 12.4. The van der Waals surface area contributed by atoms with Gasteiger partial charge in [-0.2, -0.15) is 0 Å². The standard InChI is InChI=1S/C14H22N2O2/c1-3-12-6-7-13(18-12)14(17)16-9-11(8-15)5-4-10(16)2/h6-7,10-11H,3-5,8-9,15H2,1-2H3. The Morgan fingerprint density at radius 3 is 2.89 bits per heavy atom. The Hall–Kier alpha value is -1.29. The number of rotatable bonds is 3. The van der Waals surface area contributed by atoms with Gasteiger partial charge in [0, 0.05) is 19.0 Å². The van der Waals surface area contributed by atoms with Crippen molar-refractivity contribution >= 4 is 5.91 Å². The van der Waals surface area contributed by atoms with Gasteiger partial charge in [-0.15, -0.1) is 0 Å². The number of amides is 1. The summed E-state index contributed by atoms with van der Waals surface area (Å²) in [5, 5.41) is 0. The fourth-order valence-corrected chi connectivity index (χ4v) is 2.48. The molecule has 0 aromatic carbocycles. The van der Waals surface area contributed by atoms with Gasteiger partial charge in [0.15, 0.2) is 5.76 Å². The Kier molecular flexibility index (Phi) is 4.07. The molecule has 0 bridgehead atoms. The zero-order valence-electron chi connectivity index (χ0n) is 11.2. The molecule has 0 radical (unpaired) electrons. The number of nitrogens with two attached hydrogens (primary N) is 1. The molecule has 0 aliphatic carbocycles. The van der Waals surface area contributed by atoms with E-state index in [-0.39, 0.29) is 11.9 Å². The average molecular weight is 250 g/mol. The van der Waals surface area contributed by atoms with Crippen molar-refractivity contribution in [2.45, 2.75) is 39.2 Å². The fraction of sp³-hybridized carbons (Fsp3) is 0.643. The number of hydrogen-bond donors (Lipinski definition) is 1. The lowest BCUT2D eigenvalue weighted by atomic mass is 9.93. The highest BCUT2D eigenvalue weighted by Gasteiger charge is 2.30. The van der Waals surface area contributed by atoms with Gasteiger partial charge in [0.2, 0.25) is 0 Å². The minimum atomic E-state index is 0.000324. The smallest absolute Gasteiger partial charge is 0.289 e. The van der Waals surface area contributed by atoms with Crippen LogP contribution in [-0.4, -0.2) is 29.9 Å². The molecule has 2 unspecified atom stereocenters. The quantitative estimate of drug-likeness (QED) is 0.893. The molecule has 1 saturated heterocycles. The number of nitrogens with zero attached hydrogens (tertiary/aromatic N) is 1. The molecule has 1 aromatic rings. The highest BCUT2D eigenvalue weighted by Crippen LogP contribution is 2.23. The Morgan fingerprint density at radius 2 is 2.28 bits per heavy atom. The molecule has 1 fully saturated rings. The average Bonchev–Trinajstić information content (AvgIpc) is 2.87. The third-order valence-electron chi connectivity index (χ3n) is 3.79. The summed E-state index contributed by atoms with van der Waals surface area (Å²) in [5.41, 5.74) is 5.71. The highest BCUT2D eigenvalue weighted by molar-refractivity contribution is 5.91. The van der Waals surface area contributed by atoms with Crippen LogP contribution in [0.4, 0.5) is 0 Å². The van der Waals surface area contributed by atoms with Crippen molar-refractivity contribution in [2.24, 2.45) is 11.7 Å². The van der Waals surface area contributed by atoms with E-state index in [0.29, 0.717) is 18.2 Å². The van der Waals surface area contributed by atoms with Gasteiger partial charge in [-0.1, -0.05) is 6.92 Å². The SMILES string of the molecule is CCc1ccc(C(=O)N2CC(CN)CCC2C)o1. The lowest BCUT2D eigenvalue weighted by Gasteiger charge is -2.37. The minimum Gasteiger partial charge on any atom is -0.456 e. The summed E-state index contributed by atoms with van der Waals surface area (Å²) < 4.78 is 5.54. The molecule has 0 spiro atoms. The van der Waals surface area contributed by atoms with Crippen molar-refractivity contribution in [1.82, 2.24) is 4.90 Å². The monoisotopic (exact) mass is 250 g/mol. The highest BCUT2D eigenvalue weighted by atomic mass is 16.4. The number of hydrogen-bond acceptors (Lipinski definition) is 3. The van der Waals surface area contributed by atoms with Crippen molar-refractivity contribution < 1.29 is 9.21 Å². The molecule has 1 amide bonds. The molecule has 100 valence electrons. The molecule has 1 aliphatic heterocycles. The van der Waals surface area contributed by atoms with Gasteiger partial charge in [-0.05, 0) is 44.4 Å². The predicted molar refractivity (Wildman–Crippen MR) is 70.4 cm³/mol. The van der Waals surface area contributed by atoms with Gasteiger partial charge in [-0.25, -0.2) is 0 Å². The van der Waals surface area contributed by atoms with Gasteiger partial charge in [-0.3, -0.25) is 4.79 Å². The van der Waals surface area contributed by atoms with Gasteiger partial charge in [0.05, 0.1) is 0 Å². The molecule has 4 heteroatoms. The topological polar surface area (TPSA) is 59.5 Å². The molecule has 18 heavy (non-hydrogen) atoms. The molecule has 4 nitrogen and oxygen atoms in total. The summed E-state index contributed by atoms with van der Waals surface area (Å²) in [4.78, 5) is 14.3. The van der Waals surface area contributed by atoms with E-state index in [9.17, 15) is 4.79 Å². The summed E-state index contributed by atoms with van der Waals surface area (Å²) in [6.45, 7) is 5.50. The van der Waals surface area contributed by atoms with E-state index < -0.39 is 0 Å². The first-order valence-electron chi connectivity index (χ1n) is 6.75. The molecule has 0 saturated carbocycles. The Balaban J connectivity index is 2.11. The van der Waals surface area contributed by atoms with E-state index in [1.165, 1.54) is 0 Å². The van der Waals surface area contributed by atoms with Crippen LogP contribution in [0.1, 0.15) is 43.0 Å². The third-order valence-corrected chi connectivity index (χ3v) is 3.79. The van der Waals surface area contributed by atoms with Gasteiger partial charge < -0.3 is 15.1 Å². The normalized spacial score (nSPS) is 24.3. The summed E-state index contributed by atoms with van der Waals surface area (Å²) in [7, 11) is 0. The lowest BCUT2D eigenvalue weighted by molar-refractivity contribution is 0.0533. The Bertz CT molecular complexity index is 414. The first kappa shape index (κ1) is 13.1. The summed E-state index contributed by atoms with van der Waals surface area (Å²) >= 11 is 0. The van der Waals surface area contributed by atoms with Crippen LogP contribution in [0.25, 0.3) is 0 Å². The van der Waals surface area contributed by atoms with Crippen molar-refractivity contribution in [3.8, 4) is 0 Å². The number of carbonyl (C=O) groups is 1. The van der Waals surface area contributed by atoms with Crippen molar-refractivity contribution in [3.05, 3.63) is 23.7 Å². The van der Waals surface area contributed by atoms with E-state index in [2.05, 4.69) is 6.92 Å². The van der Waals surface area contributed by atoms with Crippen molar-refractivity contribution in [1.29, 1.82) is 0 Å². The number of likely N-dealkylation sites (tertiary alicyclic amines) is 1. The Labute approximate surface area is 108 Å². The first-order valence-corrected chi connectivity index (χ1v) is 6.75. The van der Waals surface area contributed by atoms with E-state index in [1.807, 2.05) is 17.9 Å². The summed E-state index contributed by atoms with van der Waals surface area (Å²) in [6, 6.07) is 3.93. The summed E-state index contributed by atoms with van der Waals surface area (Å²) in [5.74, 6) is 1.74. The maximum atomic E-state index is 12.4. The van der Waals surface area contributed by atoms with E-state index in [4.69, 9.17) is 10.2 Å². The number of piperidine rings is 1. The van der Waals surface area contributed by atoms with Crippen LogP contribution in [0.3, 0.4) is 0 Å². The third kappa shape index (κ3) is 2.58. The zero-order chi connectivity index (χ0) is 13.1. The van der Waals surface area contributed by atoms with Crippen molar-refractivity contribution in [3.63, 3.8) is 0 Å². The van der Waals surface area contributed by atoms with Crippen LogP contribution in [0.5, 0.6) is 0 Å². The maximum Gasteiger partial charge on any atom is 0.289 e. The van der Waals surface area contributed by atoms with E-state index in [1.54, 1.807) is 6.07 Å².